The van der Waals surface area contributed by atoms with Gasteiger partial charge in [0, 0.05) is 51.9 Å². The molecule has 1 aliphatic heterocycles. The van der Waals surface area contributed by atoms with E-state index in [2.05, 4.69) is 20.9 Å². The molecule has 0 unspecified atom stereocenters. The van der Waals surface area contributed by atoms with Gasteiger partial charge in [-0.1, -0.05) is 19.1 Å². The second kappa shape index (κ2) is 11.5. The summed E-state index contributed by atoms with van der Waals surface area (Å²) in [4.78, 5) is 39.8. The lowest BCUT2D eigenvalue weighted by Crippen LogP contribution is -2.49. The van der Waals surface area contributed by atoms with E-state index in [4.69, 9.17) is 4.74 Å². The Balaban J connectivity index is 1.53. The zero-order valence-corrected chi connectivity index (χ0v) is 19.3. The predicted molar refractivity (Wildman–Crippen MR) is 124 cm³/mol. The van der Waals surface area contributed by atoms with E-state index in [0.717, 1.165) is 36.6 Å². The van der Waals surface area contributed by atoms with Crippen LogP contribution in [0.15, 0.2) is 36.7 Å². The van der Waals surface area contributed by atoms with Crippen molar-refractivity contribution in [2.75, 3.05) is 50.8 Å². The highest BCUT2D eigenvalue weighted by Gasteiger charge is 2.24. The van der Waals surface area contributed by atoms with Crippen molar-refractivity contribution in [3.05, 3.63) is 48.0 Å². The molecule has 0 bridgehead atoms. The lowest BCUT2D eigenvalue weighted by Gasteiger charge is -2.37. The number of aryl methyl sites for hydroxylation is 1. The number of amides is 2. The molecule has 8 nitrogen and oxygen atoms in total. The molecule has 1 saturated heterocycles. The number of anilines is 1. The summed E-state index contributed by atoms with van der Waals surface area (Å²) in [6.45, 7) is 10.2. The number of piperazine rings is 1. The van der Waals surface area contributed by atoms with Crippen LogP contribution in [-0.4, -0.2) is 77.5 Å². The summed E-state index contributed by atoms with van der Waals surface area (Å²) in [6.07, 6.45) is 4.21. The van der Waals surface area contributed by atoms with Crippen molar-refractivity contribution < 1.29 is 14.3 Å². The number of hydrogen-bond acceptors (Lipinski definition) is 6. The quantitative estimate of drug-likeness (QED) is 0.598. The number of ether oxygens (including phenoxy) is 1. The van der Waals surface area contributed by atoms with E-state index in [-0.39, 0.29) is 11.8 Å². The number of benzene rings is 1. The van der Waals surface area contributed by atoms with Gasteiger partial charge < -0.3 is 19.4 Å². The highest BCUT2D eigenvalue weighted by molar-refractivity contribution is 5.92. The first-order valence-electron chi connectivity index (χ1n) is 11.4. The largest absolute Gasteiger partial charge is 0.492 e. The average Bonchev–Trinajstić information content (AvgIpc) is 2.82. The molecule has 0 N–H and O–H groups in total. The molecule has 0 saturated carbocycles. The van der Waals surface area contributed by atoms with Crippen LogP contribution in [0.4, 0.5) is 5.69 Å². The van der Waals surface area contributed by atoms with Gasteiger partial charge in [0.1, 0.15) is 11.4 Å². The molecule has 2 aromatic rings. The van der Waals surface area contributed by atoms with Gasteiger partial charge in [0.15, 0.2) is 0 Å². The number of carbonyl (C=O) groups excluding carboxylic acids is 2. The van der Waals surface area contributed by atoms with E-state index in [1.54, 1.807) is 11.1 Å². The van der Waals surface area contributed by atoms with Crippen molar-refractivity contribution in [1.29, 1.82) is 0 Å². The van der Waals surface area contributed by atoms with Crippen molar-refractivity contribution >= 4 is 17.5 Å². The Labute approximate surface area is 190 Å². The molecule has 1 aromatic heterocycles. The number of carbonyl (C=O) groups is 2. The van der Waals surface area contributed by atoms with Crippen LogP contribution >= 0.6 is 0 Å². The van der Waals surface area contributed by atoms with Gasteiger partial charge in [-0.3, -0.25) is 14.6 Å². The number of rotatable bonds is 9. The SMILES string of the molecule is CCCN(CCC(=O)N1CCN(c2ccccc2OCC)CC1)C(=O)c1cnc(C)cn1. The van der Waals surface area contributed by atoms with Gasteiger partial charge >= 0.3 is 0 Å². The minimum absolute atomic E-state index is 0.0756. The van der Waals surface area contributed by atoms with E-state index in [1.807, 2.05) is 43.9 Å². The predicted octanol–water partition coefficient (Wildman–Crippen LogP) is 2.77. The Morgan fingerprint density at radius 1 is 1.03 bits per heavy atom. The molecule has 3 rings (SSSR count). The smallest absolute Gasteiger partial charge is 0.274 e. The average molecular weight is 440 g/mol. The molecule has 0 aliphatic carbocycles. The first-order valence-corrected chi connectivity index (χ1v) is 11.4. The molecule has 1 aliphatic rings. The number of para-hydroxylation sites is 2. The third kappa shape index (κ3) is 5.96. The maximum absolute atomic E-state index is 12.8. The van der Waals surface area contributed by atoms with Gasteiger partial charge in [-0.05, 0) is 32.4 Å². The fourth-order valence-corrected chi connectivity index (χ4v) is 3.83. The van der Waals surface area contributed by atoms with Gasteiger partial charge in [-0.2, -0.15) is 0 Å². The van der Waals surface area contributed by atoms with Gasteiger partial charge in [0.05, 0.1) is 24.2 Å². The van der Waals surface area contributed by atoms with Crippen molar-refractivity contribution in [3.63, 3.8) is 0 Å². The molecule has 0 radical (unpaired) electrons. The summed E-state index contributed by atoms with van der Waals surface area (Å²) in [5.74, 6) is 0.777. The van der Waals surface area contributed by atoms with Gasteiger partial charge in [-0.15, -0.1) is 0 Å². The van der Waals surface area contributed by atoms with Crippen molar-refractivity contribution in [3.8, 4) is 5.75 Å². The van der Waals surface area contributed by atoms with Crippen LogP contribution in [0.3, 0.4) is 0 Å². The van der Waals surface area contributed by atoms with Crippen LogP contribution in [0, 0.1) is 6.92 Å². The lowest BCUT2D eigenvalue weighted by atomic mass is 10.2. The molecular formula is C24H33N5O3. The Bertz CT molecular complexity index is 895. The maximum Gasteiger partial charge on any atom is 0.274 e. The molecule has 172 valence electrons. The second-order valence-electron chi connectivity index (χ2n) is 7.85. The summed E-state index contributed by atoms with van der Waals surface area (Å²) in [5, 5.41) is 0. The zero-order chi connectivity index (χ0) is 22.9. The third-order valence-corrected chi connectivity index (χ3v) is 5.51. The Morgan fingerprint density at radius 3 is 2.44 bits per heavy atom. The summed E-state index contributed by atoms with van der Waals surface area (Å²) in [6, 6.07) is 8.02. The van der Waals surface area contributed by atoms with Crippen LogP contribution < -0.4 is 9.64 Å². The molecule has 8 heteroatoms. The summed E-state index contributed by atoms with van der Waals surface area (Å²) in [5.41, 5.74) is 2.15. The second-order valence-corrected chi connectivity index (χ2v) is 7.85. The Hall–Kier alpha value is -3.16. The molecule has 2 amide bonds. The van der Waals surface area contributed by atoms with Crippen LogP contribution in [0.25, 0.3) is 0 Å². The first kappa shape index (κ1) is 23.5. The molecule has 2 heterocycles. The Morgan fingerprint density at radius 2 is 1.78 bits per heavy atom. The summed E-state index contributed by atoms with van der Waals surface area (Å²) >= 11 is 0. The molecule has 1 aromatic carbocycles. The van der Waals surface area contributed by atoms with E-state index in [9.17, 15) is 9.59 Å². The van der Waals surface area contributed by atoms with Crippen LogP contribution in [0.5, 0.6) is 5.75 Å². The number of hydrogen-bond donors (Lipinski definition) is 0. The minimum Gasteiger partial charge on any atom is -0.492 e. The topological polar surface area (TPSA) is 78.9 Å². The van der Waals surface area contributed by atoms with Gasteiger partial charge in [0.25, 0.3) is 5.91 Å². The van der Waals surface area contributed by atoms with Gasteiger partial charge in [-0.25, -0.2) is 4.98 Å². The first-order chi connectivity index (χ1) is 15.5. The maximum atomic E-state index is 12.8. The van der Waals surface area contributed by atoms with Crippen LogP contribution in [0.2, 0.25) is 0 Å². The van der Waals surface area contributed by atoms with E-state index >= 15 is 0 Å². The fraction of sp³-hybridized carbons (Fsp3) is 0.500. The standard InChI is InChI=1S/C24H33N5O3/c1-4-11-29(24(31)20-18-25-19(3)17-26-20)12-10-23(30)28-15-13-27(14-16-28)21-8-6-7-9-22(21)32-5-2/h6-9,17-18H,4-5,10-16H2,1-3H3. The van der Waals surface area contributed by atoms with Crippen molar-refractivity contribution in [2.45, 2.75) is 33.6 Å². The molecule has 32 heavy (non-hydrogen) atoms. The molecule has 0 spiro atoms. The number of nitrogens with zero attached hydrogens (tertiary/aromatic N) is 5. The fourth-order valence-electron chi connectivity index (χ4n) is 3.83. The third-order valence-electron chi connectivity index (χ3n) is 5.51. The number of aromatic nitrogens is 2. The van der Waals surface area contributed by atoms with E-state index in [1.165, 1.54) is 6.20 Å². The molecular weight excluding hydrogens is 406 g/mol. The van der Waals surface area contributed by atoms with Crippen LogP contribution in [-0.2, 0) is 4.79 Å². The minimum atomic E-state index is -0.176. The normalized spacial score (nSPS) is 13.7. The van der Waals surface area contributed by atoms with E-state index in [0.29, 0.717) is 44.9 Å². The highest BCUT2D eigenvalue weighted by Crippen LogP contribution is 2.28. The van der Waals surface area contributed by atoms with E-state index < -0.39 is 0 Å². The zero-order valence-electron chi connectivity index (χ0n) is 19.3. The molecule has 1 fully saturated rings. The lowest BCUT2D eigenvalue weighted by molar-refractivity contribution is -0.131. The Kier molecular flexibility index (Phi) is 8.41. The summed E-state index contributed by atoms with van der Waals surface area (Å²) in [7, 11) is 0. The molecule has 0 atom stereocenters. The summed E-state index contributed by atoms with van der Waals surface area (Å²) < 4.78 is 5.75. The van der Waals surface area contributed by atoms with Crippen molar-refractivity contribution in [2.24, 2.45) is 0 Å². The van der Waals surface area contributed by atoms with Crippen molar-refractivity contribution in [1.82, 2.24) is 19.8 Å². The monoisotopic (exact) mass is 439 g/mol. The van der Waals surface area contributed by atoms with Crippen LogP contribution in [0.1, 0.15) is 42.9 Å². The van der Waals surface area contributed by atoms with Gasteiger partial charge in [0.2, 0.25) is 5.91 Å². The highest BCUT2D eigenvalue weighted by atomic mass is 16.5.